The Balaban J connectivity index is 0.000000707. The van der Waals surface area contributed by atoms with Gasteiger partial charge in [-0.15, -0.1) is 0 Å². The molecule has 0 aromatic heterocycles. The molecule has 16 heteroatoms. The quantitative estimate of drug-likeness (QED) is 0.132. The normalized spacial score (nSPS) is 17.1. The van der Waals surface area contributed by atoms with Crippen LogP contribution in [0.5, 0.6) is 0 Å². The summed E-state index contributed by atoms with van der Waals surface area (Å²) in [5.74, 6) is 0. The minimum absolute atomic E-state index is 0.132. The van der Waals surface area contributed by atoms with Gasteiger partial charge in [-0.05, 0) is 0 Å². The number of allylic oxidation sites excluding steroid dienone is 9. The fraction of sp³-hybridized carbons (Fsp3) is 0.207. The van der Waals surface area contributed by atoms with Crippen LogP contribution in [0, 0.1) is 0 Å². The van der Waals surface area contributed by atoms with Crippen LogP contribution in [-0.2, 0) is 12.4 Å². The zero-order chi connectivity index (χ0) is 34.2. The Kier molecular flexibility index (Phi) is 9.51. The van der Waals surface area contributed by atoms with Crippen LogP contribution in [0.2, 0.25) is 0 Å². The van der Waals surface area contributed by atoms with Gasteiger partial charge in [-0.2, -0.15) is 0 Å². The van der Waals surface area contributed by atoms with Gasteiger partial charge in [0.05, 0.1) is 0 Å². The Morgan fingerprint density at radius 2 is 1.13 bits per heavy atom. The standard InChI is InChI=1S/C29H25F6N2Se.F6P/c1-36(2)24-9-5-18(6-10-24)26-15-21(16-27(38-26)19-7-11-25(12-8-19)37(3)4)20-13-22(28(30,31)32)17-23(14-20)29(33,34)35;1-7(2,3,4,5)6/h5-17H,1-4H3;/q+1;-1. The fourth-order valence-corrected chi connectivity index (χ4v) is 6.26. The van der Waals surface area contributed by atoms with Crippen molar-refractivity contribution >= 4 is 44.2 Å². The molecule has 0 saturated carbocycles. The Morgan fingerprint density at radius 3 is 1.53 bits per heavy atom. The Morgan fingerprint density at radius 1 is 0.667 bits per heavy atom. The van der Waals surface area contributed by atoms with Gasteiger partial charge in [-0.1, -0.05) is 0 Å². The monoisotopic (exact) mass is 740 g/mol. The third kappa shape index (κ3) is 11.5. The maximum atomic E-state index is 13.6. The first-order valence-corrected chi connectivity index (χ1v) is 16.3. The molecule has 1 aliphatic carbocycles. The van der Waals surface area contributed by atoms with Crippen LogP contribution >= 0.6 is 7.81 Å². The second-order valence-electron chi connectivity index (χ2n) is 10.2. The van der Waals surface area contributed by atoms with Crippen molar-refractivity contribution in [3.05, 3.63) is 111 Å². The predicted octanol–water partition coefficient (Wildman–Crippen LogP) is 10.4. The summed E-state index contributed by atoms with van der Waals surface area (Å²) in [7, 11) is -3.01. The summed E-state index contributed by atoms with van der Waals surface area (Å²) >= 11 is -0.239. The van der Waals surface area contributed by atoms with Gasteiger partial charge in [-0.25, -0.2) is 0 Å². The average molecular weight is 739 g/mol. The van der Waals surface area contributed by atoms with E-state index in [1.807, 2.05) is 86.2 Å². The Bertz CT molecular complexity index is 1590. The first-order chi connectivity index (χ1) is 20.2. The summed E-state index contributed by atoms with van der Waals surface area (Å²) in [6, 6.07) is 9.44. The van der Waals surface area contributed by atoms with Crippen molar-refractivity contribution in [1.29, 1.82) is 0 Å². The molecular formula is C29H25F12N2PSe. The van der Waals surface area contributed by atoms with Crippen LogP contribution in [0.15, 0.2) is 89.0 Å². The van der Waals surface area contributed by atoms with Gasteiger partial charge >= 0.3 is 257 Å². The van der Waals surface area contributed by atoms with E-state index < -0.39 is 31.3 Å². The van der Waals surface area contributed by atoms with Crippen molar-refractivity contribution in [3.63, 3.8) is 0 Å². The number of anilines is 1. The number of benzene rings is 2. The second kappa shape index (κ2) is 11.8. The number of hydrogen-bond acceptors (Lipinski definition) is 1. The van der Waals surface area contributed by atoms with Crippen LogP contribution in [0.25, 0.3) is 10.0 Å². The van der Waals surface area contributed by atoms with Crippen molar-refractivity contribution in [2.45, 2.75) is 12.4 Å². The zero-order valence-corrected chi connectivity index (χ0v) is 26.4. The van der Waals surface area contributed by atoms with Gasteiger partial charge in [0.2, 0.25) is 0 Å². The van der Waals surface area contributed by atoms with E-state index >= 15 is 0 Å². The van der Waals surface area contributed by atoms with Crippen LogP contribution in [0.4, 0.5) is 57.2 Å². The van der Waals surface area contributed by atoms with Gasteiger partial charge in [0.15, 0.2) is 0 Å². The van der Waals surface area contributed by atoms with Crippen molar-refractivity contribution in [1.82, 2.24) is 0 Å². The maximum absolute atomic E-state index is 13.6. The van der Waals surface area contributed by atoms with Gasteiger partial charge in [0.1, 0.15) is 0 Å². The molecular weight excluding hydrogens is 714 g/mol. The molecule has 0 radical (unpaired) electrons. The van der Waals surface area contributed by atoms with Gasteiger partial charge in [0, 0.05) is 0 Å². The van der Waals surface area contributed by atoms with Crippen LogP contribution < -0.4 is 4.90 Å². The number of nitrogens with zero attached hydrogens (tertiary/aromatic N) is 2. The molecule has 0 unspecified atom stereocenters. The predicted molar refractivity (Wildman–Crippen MR) is 155 cm³/mol. The Labute approximate surface area is 256 Å². The van der Waals surface area contributed by atoms with Crippen LogP contribution in [-0.4, -0.2) is 53.4 Å². The molecule has 246 valence electrons. The molecule has 2 nitrogen and oxygen atoms in total. The van der Waals surface area contributed by atoms with E-state index in [4.69, 9.17) is 0 Å². The zero-order valence-electron chi connectivity index (χ0n) is 23.8. The molecule has 1 aliphatic heterocycles. The van der Waals surface area contributed by atoms with Crippen molar-refractivity contribution in [3.8, 4) is 0 Å². The molecule has 2 aliphatic rings. The molecule has 0 spiro atoms. The van der Waals surface area contributed by atoms with Crippen LogP contribution in [0.1, 0.15) is 22.3 Å². The molecule has 4 rings (SSSR count). The minimum atomic E-state index is -10.7. The van der Waals surface area contributed by atoms with Crippen LogP contribution in [0.3, 0.4) is 0 Å². The van der Waals surface area contributed by atoms with E-state index in [0.29, 0.717) is 5.57 Å². The van der Waals surface area contributed by atoms with E-state index in [2.05, 4.69) is 0 Å². The SMILES string of the molecule is CN(C)c1ccc(C2=CC(c3cc(C(F)(F)F)cc(C(F)(F)F)c3)=CC(=C3C=CC(=[N+](C)C)C=C3)[Se]2)cc1.F[P-](F)(F)(F)(F)F. The summed E-state index contributed by atoms with van der Waals surface area (Å²) in [5, 5.41) is 0. The summed E-state index contributed by atoms with van der Waals surface area (Å²) in [5.41, 5.74) is 1.19. The summed E-state index contributed by atoms with van der Waals surface area (Å²) in [4.78, 5) is 1.95. The first-order valence-electron chi connectivity index (χ1n) is 12.6. The molecule has 0 bridgehead atoms. The number of hydrogen-bond donors (Lipinski definition) is 0. The van der Waals surface area contributed by atoms with E-state index in [1.165, 1.54) is 0 Å². The number of alkyl halides is 6. The van der Waals surface area contributed by atoms with Gasteiger partial charge in [-0.3, -0.25) is 0 Å². The van der Waals surface area contributed by atoms with Gasteiger partial charge < -0.3 is 0 Å². The molecule has 0 amide bonds. The molecule has 0 fully saturated rings. The average Bonchev–Trinajstić information content (AvgIpc) is 2.90. The van der Waals surface area contributed by atoms with E-state index in [-0.39, 0.29) is 26.6 Å². The Hall–Kier alpha value is -3.28. The molecule has 0 saturated heterocycles. The fourth-order valence-electron chi connectivity index (χ4n) is 3.92. The molecule has 0 atom stereocenters. The van der Waals surface area contributed by atoms with E-state index in [0.717, 1.165) is 43.6 Å². The van der Waals surface area contributed by atoms with Crippen molar-refractivity contribution in [2.75, 3.05) is 33.1 Å². The summed E-state index contributed by atoms with van der Waals surface area (Å²) < 4.78 is 144. The third-order valence-corrected chi connectivity index (χ3v) is 8.46. The van der Waals surface area contributed by atoms with Gasteiger partial charge in [0.25, 0.3) is 0 Å². The van der Waals surface area contributed by atoms with E-state index in [9.17, 15) is 51.5 Å². The molecule has 45 heavy (non-hydrogen) atoms. The molecule has 1 heterocycles. The second-order valence-corrected chi connectivity index (χ2v) is 14.4. The number of halogens is 12. The molecule has 2 aromatic carbocycles. The first kappa shape index (κ1) is 36.2. The van der Waals surface area contributed by atoms with E-state index in [1.54, 1.807) is 12.2 Å². The summed E-state index contributed by atoms with van der Waals surface area (Å²) in [6.45, 7) is 0. The summed E-state index contributed by atoms with van der Waals surface area (Å²) in [6.07, 6.45) is 1.29. The number of rotatable bonds is 3. The molecule has 2 aromatic rings. The van der Waals surface area contributed by atoms with Crippen molar-refractivity contribution < 1.29 is 56.1 Å². The third-order valence-electron chi connectivity index (χ3n) is 6.05. The van der Waals surface area contributed by atoms with Crippen molar-refractivity contribution in [2.24, 2.45) is 0 Å². The molecule has 0 N–H and O–H groups in total. The topological polar surface area (TPSA) is 6.25 Å².